The van der Waals surface area contributed by atoms with Crippen molar-refractivity contribution in [3.8, 4) is 0 Å². The van der Waals surface area contributed by atoms with Crippen molar-refractivity contribution in [1.29, 1.82) is 0 Å². The van der Waals surface area contributed by atoms with Crippen LogP contribution < -0.4 is 5.73 Å². The van der Waals surface area contributed by atoms with Gasteiger partial charge in [0.2, 0.25) is 5.89 Å². The lowest BCUT2D eigenvalue weighted by Crippen LogP contribution is -2.43. The molecule has 2 N–H and O–H groups in total. The number of hydrogen-bond acceptors (Lipinski definition) is 5. The van der Waals surface area contributed by atoms with Crippen LogP contribution in [0.1, 0.15) is 57.7 Å². The van der Waals surface area contributed by atoms with E-state index in [9.17, 15) is 0 Å². The highest BCUT2D eigenvalue weighted by atomic mass is 32.2. The Morgan fingerprint density at radius 1 is 1.33 bits per heavy atom. The number of thioether (sulfide) groups is 1. The average molecular weight is 269 g/mol. The zero-order valence-electron chi connectivity index (χ0n) is 11.3. The van der Waals surface area contributed by atoms with Crippen molar-refractivity contribution in [2.24, 2.45) is 5.73 Å². The molecule has 0 aliphatic heterocycles. The molecule has 1 fully saturated rings. The average Bonchev–Trinajstić information content (AvgIpc) is 2.74. The van der Waals surface area contributed by atoms with Crippen LogP contribution in [-0.2, 0) is 12.2 Å². The van der Waals surface area contributed by atoms with Crippen LogP contribution in [0.3, 0.4) is 0 Å². The predicted molar refractivity (Wildman–Crippen MR) is 74.4 cm³/mol. The van der Waals surface area contributed by atoms with Gasteiger partial charge >= 0.3 is 0 Å². The van der Waals surface area contributed by atoms with Gasteiger partial charge in [-0.25, -0.2) is 0 Å². The molecule has 1 saturated carbocycles. The Hall–Kier alpha value is -0.550. The van der Waals surface area contributed by atoms with Crippen molar-refractivity contribution in [2.75, 3.05) is 0 Å². The van der Waals surface area contributed by atoms with E-state index in [0.717, 1.165) is 30.8 Å². The second-order valence-electron chi connectivity index (χ2n) is 5.56. The molecule has 1 heterocycles. The predicted octanol–water partition coefficient (Wildman–Crippen LogP) is 2.92. The lowest BCUT2D eigenvalue weighted by atomic mass is 9.80. The summed E-state index contributed by atoms with van der Waals surface area (Å²) in [6.07, 6.45) is 6.63. The Bertz CT molecular complexity index is 372. The molecule has 0 spiro atoms. The first-order valence-electron chi connectivity index (χ1n) is 6.79. The van der Waals surface area contributed by atoms with Crippen LogP contribution in [-0.4, -0.2) is 20.9 Å². The van der Waals surface area contributed by atoms with Crippen LogP contribution in [0.25, 0.3) is 0 Å². The number of rotatable bonds is 5. The molecule has 1 aromatic heterocycles. The van der Waals surface area contributed by atoms with Crippen LogP contribution in [0.4, 0.5) is 0 Å². The molecule has 2 rings (SSSR count). The van der Waals surface area contributed by atoms with E-state index < -0.39 is 0 Å². The minimum absolute atomic E-state index is 0.118. The monoisotopic (exact) mass is 269 g/mol. The summed E-state index contributed by atoms with van der Waals surface area (Å²) in [7, 11) is 0. The van der Waals surface area contributed by atoms with Gasteiger partial charge in [-0.1, -0.05) is 38.3 Å². The highest BCUT2D eigenvalue weighted by Gasteiger charge is 2.29. The summed E-state index contributed by atoms with van der Waals surface area (Å²) < 4.78 is 5.31. The lowest BCUT2D eigenvalue weighted by molar-refractivity contribution is 0.260. The second kappa shape index (κ2) is 6.06. The number of aromatic nitrogens is 2. The fourth-order valence-electron chi connectivity index (χ4n) is 2.40. The van der Waals surface area contributed by atoms with Gasteiger partial charge < -0.3 is 10.3 Å². The molecule has 4 nitrogen and oxygen atoms in total. The molecule has 0 unspecified atom stereocenters. The van der Waals surface area contributed by atoms with Gasteiger partial charge in [-0.15, -0.1) is 0 Å². The fraction of sp³-hybridized carbons (Fsp3) is 0.846. The summed E-state index contributed by atoms with van der Waals surface area (Å²) >= 11 is 1.83. The van der Waals surface area contributed by atoms with Gasteiger partial charge in [0.1, 0.15) is 0 Å². The molecular formula is C13H23N3OS. The van der Waals surface area contributed by atoms with E-state index in [4.69, 9.17) is 10.3 Å². The van der Waals surface area contributed by atoms with E-state index in [2.05, 4.69) is 24.0 Å². The van der Waals surface area contributed by atoms with Crippen molar-refractivity contribution in [1.82, 2.24) is 10.1 Å². The van der Waals surface area contributed by atoms with Gasteiger partial charge in [0, 0.05) is 12.0 Å². The van der Waals surface area contributed by atoms with E-state index in [1.165, 1.54) is 19.3 Å². The smallest absolute Gasteiger partial charge is 0.228 e. The molecule has 1 aliphatic rings. The van der Waals surface area contributed by atoms with Crippen molar-refractivity contribution >= 4 is 11.8 Å². The molecular weight excluding hydrogens is 246 g/mol. The third-order valence-corrected chi connectivity index (χ3v) is 4.50. The Balaban J connectivity index is 1.89. The van der Waals surface area contributed by atoms with E-state index in [1.807, 2.05) is 11.8 Å². The third kappa shape index (κ3) is 3.99. The first-order valence-corrected chi connectivity index (χ1v) is 7.84. The molecule has 1 aliphatic carbocycles. The molecule has 0 amide bonds. The van der Waals surface area contributed by atoms with Gasteiger partial charge in [-0.3, -0.25) is 0 Å². The standard InChI is InChI=1S/C13H23N3OS/c1-10(2)18-9-11-15-12(17-16-11)8-13(14)6-4-3-5-7-13/h10H,3-9,14H2,1-2H3. The SMILES string of the molecule is CC(C)SCc1noc(CC2(N)CCCCC2)n1. The summed E-state index contributed by atoms with van der Waals surface area (Å²) in [6.45, 7) is 4.34. The molecule has 0 bridgehead atoms. The van der Waals surface area contributed by atoms with Crippen LogP contribution in [0.2, 0.25) is 0 Å². The molecule has 0 aromatic carbocycles. The van der Waals surface area contributed by atoms with E-state index in [0.29, 0.717) is 11.1 Å². The minimum atomic E-state index is -0.118. The largest absolute Gasteiger partial charge is 0.339 e. The van der Waals surface area contributed by atoms with Crippen LogP contribution in [0, 0.1) is 0 Å². The van der Waals surface area contributed by atoms with Gasteiger partial charge in [0.05, 0.1) is 5.75 Å². The quantitative estimate of drug-likeness (QED) is 0.890. The molecule has 102 valence electrons. The summed E-state index contributed by atoms with van der Waals surface area (Å²) in [5, 5.41) is 4.61. The minimum Gasteiger partial charge on any atom is -0.339 e. The van der Waals surface area contributed by atoms with Crippen molar-refractivity contribution in [2.45, 2.75) is 68.9 Å². The van der Waals surface area contributed by atoms with Crippen LogP contribution >= 0.6 is 11.8 Å². The van der Waals surface area contributed by atoms with Gasteiger partial charge in [-0.2, -0.15) is 16.7 Å². The van der Waals surface area contributed by atoms with Crippen LogP contribution in [0.5, 0.6) is 0 Å². The molecule has 0 radical (unpaired) electrons. The Labute approximate surface area is 113 Å². The maximum Gasteiger partial charge on any atom is 0.228 e. The number of nitrogens with two attached hydrogens (primary N) is 1. The van der Waals surface area contributed by atoms with E-state index in [1.54, 1.807) is 0 Å². The molecule has 1 aromatic rings. The second-order valence-corrected chi connectivity index (χ2v) is 7.13. The maximum atomic E-state index is 6.39. The molecule has 0 atom stereocenters. The zero-order valence-corrected chi connectivity index (χ0v) is 12.1. The van der Waals surface area contributed by atoms with Crippen molar-refractivity contribution in [3.63, 3.8) is 0 Å². The fourth-order valence-corrected chi connectivity index (χ4v) is 3.00. The van der Waals surface area contributed by atoms with Crippen molar-refractivity contribution in [3.05, 3.63) is 11.7 Å². The maximum absolute atomic E-state index is 6.39. The van der Waals surface area contributed by atoms with Gasteiger partial charge in [0.15, 0.2) is 5.82 Å². The number of nitrogens with zero attached hydrogens (tertiary/aromatic N) is 2. The Kier molecular flexibility index (Phi) is 4.67. The van der Waals surface area contributed by atoms with Gasteiger partial charge in [0.25, 0.3) is 0 Å². The zero-order chi connectivity index (χ0) is 13.0. The summed E-state index contributed by atoms with van der Waals surface area (Å²) in [6, 6.07) is 0. The highest BCUT2D eigenvalue weighted by Crippen LogP contribution is 2.28. The normalized spacial score (nSPS) is 19.3. The number of hydrogen-bond donors (Lipinski definition) is 1. The highest BCUT2D eigenvalue weighted by molar-refractivity contribution is 7.99. The summed E-state index contributed by atoms with van der Waals surface area (Å²) in [4.78, 5) is 4.44. The Morgan fingerprint density at radius 2 is 2.06 bits per heavy atom. The first kappa shape index (κ1) is 13.9. The molecule has 5 heteroatoms. The van der Waals surface area contributed by atoms with Crippen molar-refractivity contribution < 1.29 is 4.52 Å². The van der Waals surface area contributed by atoms with Crippen LogP contribution in [0.15, 0.2) is 4.52 Å². The molecule has 0 saturated heterocycles. The first-order chi connectivity index (χ1) is 8.57. The van der Waals surface area contributed by atoms with E-state index in [-0.39, 0.29) is 5.54 Å². The lowest BCUT2D eigenvalue weighted by Gasteiger charge is -2.31. The van der Waals surface area contributed by atoms with E-state index >= 15 is 0 Å². The van der Waals surface area contributed by atoms with Gasteiger partial charge in [-0.05, 0) is 18.1 Å². The molecule has 18 heavy (non-hydrogen) atoms. The summed E-state index contributed by atoms with van der Waals surface area (Å²) in [5.41, 5.74) is 6.27. The Morgan fingerprint density at radius 3 is 2.72 bits per heavy atom. The third-order valence-electron chi connectivity index (χ3n) is 3.41. The topological polar surface area (TPSA) is 64.9 Å². The summed E-state index contributed by atoms with van der Waals surface area (Å²) in [5.74, 6) is 2.32.